The molecule has 2 aliphatic carbocycles. The van der Waals surface area contributed by atoms with E-state index >= 15 is 0 Å². The highest BCUT2D eigenvalue weighted by Crippen LogP contribution is 2.29. The van der Waals surface area contributed by atoms with Crippen molar-refractivity contribution in [2.45, 2.75) is 12.5 Å². The Morgan fingerprint density at radius 2 is 2.15 bits per heavy atom. The molecule has 1 N–H and O–H groups in total. The summed E-state index contributed by atoms with van der Waals surface area (Å²) in [5.74, 6) is -0.0608. The lowest BCUT2D eigenvalue weighted by atomic mass is 9.79. The molecule has 3 atom stereocenters. The van der Waals surface area contributed by atoms with Crippen LogP contribution in [0.3, 0.4) is 0 Å². The minimum atomic E-state index is -0.612. The Morgan fingerprint density at radius 1 is 1.31 bits per heavy atom. The average molecular weight is 176 g/mol. The van der Waals surface area contributed by atoms with Crippen molar-refractivity contribution in [3.8, 4) is 0 Å². The van der Waals surface area contributed by atoms with Gasteiger partial charge in [-0.1, -0.05) is 30.4 Å². The maximum atomic E-state index is 11.5. The van der Waals surface area contributed by atoms with E-state index in [4.69, 9.17) is 0 Å². The molecule has 0 spiro atoms. The third kappa shape index (κ3) is 1.49. The fourth-order valence-corrected chi connectivity index (χ4v) is 1.94. The van der Waals surface area contributed by atoms with Gasteiger partial charge >= 0.3 is 0 Å². The highest BCUT2D eigenvalue weighted by Gasteiger charge is 2.32. The minimum absolute atomic E-state index is 0.0341. The molecule has 2 nitrogen and oxygen atoms in total. The highest BCUT2D eigenvalue weighted by atomic mass is 16.3. The van der Waals surface area contributed by atoms with Gasteiger partial charge in [0.05, 0.1) is 12.0 Å². The molecule has 0 bridgehead atoms. The van der Waals surface area contributed by atoms with Crippen molar-refractivity contribution in [3.05, 3.63) is 36.5 Å². The number of aliphatic hydroxyl groups is 1. The van der Waals surface area contributed by atoms with Crippen molar-refractivity contribution in [1.29, 1.82) is 0 Å². The zero-order chi connectivity index (χ0) is 9.26. The standard InChI is InChI=1S/C11H12O2/c12-9-6-2-1-4-8-5-3-7-10(13)11(8)9/h1-4,6-8,10-11,13H,5H2. The van der Waals surface area contributed by atoms with Crippen molar-refractivity contribution in [3.63, 3.8) is 0 Å². The first kappa shape index (κ1) is 8.45. The second-order valence-electron chi connectivity index (χ2n) is 3.49. The first-order valence-electron chi connectivity index (χ1n) is 4.52. The van der Waals surface area contributed by atoms with Crippen LogP contribution in [0.1, 0.15) is 6.42 Å². The third-order valence-corrected chi connectivity index (χ3v) is 2.63. The SMILES string of the molecule is O=C1C=CC=CC2CC=CC(O)C12. The monoisotopic (exact) mass is 176 g/mol. The molecule has 0 aromatic rings. The van der Waals surface area contributed by atoms with E-state index < -0.39 is 6.10 Å². The number of rotatable bonds is 0. The first-order chi connectivity index (χ1) is 6.29. The molecule has 0 saturated heterocycles. The molecule has 0 fully saturated rings. The van der Waals surface area contributed by atoms with Crippen molar-refractivity contribution < 1.29 is 9.90 Å². The number of carbonyl (C=O) groups is 1. The van der Waals surface area contributed by atoms with Crippen LogP contribution in [0.2, 0.25) is 0 Å². The summed E-state index contributed by atoms with van der Waals surface area (Å²) in [6, 6.07) is 0. The summed E-state index contributed by atoms with van der Waals surface area (Å²) in [5, 5.41) is 9.62. The molecule has 0 saturated carbocycles. The maximum absolute atomic E-state index is 11.5. The molecule has 0 aliphatic heterocycles. The summed E-state index contributed by atoms with van der Waals surface area (Å²) >= 11 is 0. The van der Waals surface area contributed by atoms with Crippen molar-refractivity contribution in [2.75, 3.05) is 0 Å². The minimum Gasteiger partial charge on any atom is -0.388 e. The molecule has 2 aliphatic rings. The number of allylic oxidation sites excluding steroid dienone is 5. The number of fused-ring (bicyclic) bond motifs is 1. The number of hydrogen-bond donors (Lipinski definition) is 1. The summed E-state index contributed by atoms with van der Waals surface area (Å²) in [5.41, 5.74) is 0. The number of ketones is 1. The quantitative estimate of drug-likeness (QED) is 0.564. The molecule has 2 heteroatoms. The lowest BCUT2D eigenvalue weighted by Crippen LogP contribution is -2.33. The average Bonchev–Trinajstić information content (AvgIpc) is 2.29. The smallest absolute Gasteiger partial charge is 0.162 e. The summed E-state index contributed by atoms with van der Waals surface area (Å²) in [7, 11) is 0. The summed E-state index contributed by atoms with van der Waals surface area (Å²) in [6.07, 6.45) is 11.1. The fourth-order valence-electron chi connectivity index (χ4n) is 1.94. The fraction of sp³-hybridized carbons (Fsp3) is 0.364. The Bertz CT molecular complexity index is 299. The van der Waals surface area contributed by atoms with Crippen LogP contribution in [0.5, 0.6) is 0 Å². The number of hydrogen-bond acceptors (Lipinski definition) is 2. The first-order valence-corrected chi connectivity index (χ1v) is 4.52. The van der Waals surface area contributed by atoms with E-state index in [0.717, 1.165) is 6.42 Å². The van der Waals surface area contributed by atoms with Crippen LogP contribution >= 0.6 is 0 Å². The molecular weight excluding hydrogens is 164 g/mol. The van der Waals surface area contributed by atoms with Crippen LogP contribution in [0.15, 0.2) is 36.5 Å². The number of carbonyl (C=O) groups excluding carboxylic acids is 1. The molecule has 68 valence electrons. The molecule has 0 amide bonds. The van der Waals surface area contributed by atoms with Gasteiger partial charge < -0.3 is 5.11 Å². The summed E-state index contributed by atoms with van der Waals surface area (Å²) in [6.45, 7) is 0. The van der Waals surface area contributed by atoms with Gasteiger partial charge in [0.25, 0.3) is 0 Å². The topological polar surface area (TPSA) is 37.3 Å². The van der Waals surface area contributed by atoms with Gasteiger partial charge in [-0.2, -0.15) is 0 Å². The van der Waals surface area contributed by atoms with E-state index in [0.29, 0.717) is 0 Å². The largest absolute Gasteiger partial charge is 0.388 e. The van der Waals surface area contributed by atoms with Gasteiger partial charge in [-0.3, -0.25) is 4.79 Å². The molecule has 2 rings (SSSR count). The van der Waals surface area contributed by atoms with E-state index in [2.05, 4.69) is 0 Å². The van der Waals surface area contributed by atoms with Crippen molar-refractivity contribution in [2.24, 2.45) is 11.8 Å². The molecule has 0 radical (unpaired) electrons. The van der Waals surface area contributed by atoms with Crippen LogP contribution in [0.4, 0.5) is 0 Å². The van der Waals surface area contributed by atoms with E-state index in [9.17, 15) is 9.90 Å². The predicted octanol–water partition coefficient (Wildman–Crippen LogP) is 1.23. The van der Waals surface area contributed by atoms with Gasteiger partial charge in [0.1, 0.15) is 0 Å². The molecule has 0 aromatic heterocycles. The molecule has 0 heterocycles. The Morgan fingerprint density at radius 3 is 3.00 bits per heavy atom. The van der Waals surface area contributed by atoms with Crippen LogP contribution in [-0.2, 0) is 4.79 Å². The zero-order valence-corrected chi connectivity index (χ0v) is 7.26. The normalized spacial score (nSPS) is 37.3. The molecule has 13 heavy (non-hydrogen) atoms. The Hall–Kier alpha value is -1.15. The van der Waals surface area contributed by atoms with Crippen LogP contribution in [0.25, 0.3) is 0 Å². The predicted molar refractivity (Wildman–Crippen MR) is 50.0 cm³/mol. The second kappa shape index (κ2) is 3.30. The lowest BCUT2D eigenvalue weighted by molar-refractivity contribution is -0.122. The Kier molecular flexibility index (Phi) is 2.15. The second-order valence-corrected chi connectivity index (χ2v) is 3.49. The third-order valence-electron chi connectivity index (χ3n) is 2.63. The number of aliphatic hydroxyl groups excluding tert-OH is 1. The molecule has 0 aromatic carbocycles. The van der Waals surface area contributed by atoms with E-state index in [1.54, 1.807) is 18.2 Å². The van der Waals surface area contributed by atoms with Gasteiger partial charge in [0.15, 0.2) is 5.78 Å². The van der Waals surface area contributed by atoms with Crippen molar-refractivity contribution >= 4 is 5.78 Å². The highest BCUT2D eigenvalue weighted by molar-refractivity contribution is 5.93. The molecule has 3 unspecified atom stereocenters. The van der Waals surface area contributed by atoms with Gasteiger partial charge in [-0.25, -0.2) is 0 Å². The Labute approximate surface area is 77.3 Å². The van der Waals surface area contributed by atoms with E-state index in [1.165, 1.54) is 0 Å². The molecular formula is C11H12O2. The Balaban J connectivity index is 2.32. The van der Waals surface area contributed by atoms with Gasteiger partial charge in [0.2, 0.25) is 0 Å². The maximum Gasteiger partial charge on any atom is 0.162 e. The zero-order valence-electron chi connectivity index (χ0n) is 7.26. The van der Waals surface area contributed by atoms with Crippen molar-refractivity contribution in [1.82, 2.24) is 0 Å². The van der Waals surface area contributed by atoms with Gasteiger partial charge in [-0.05, 0) is 18.4 Å². The summed E-state index contributed by atoms with van der Waals surface area (Å²) in [4.78, 5) is 11.5. The van der Waals surface area contributed by atoms with E-state index in [1.807, 2.05) is 18.2 Å². The van der Waals surface area contributed by atoms with E-state index in [-0.39, 0.29) is 17.6 Å². The van der Waals surface area contributed by atoms with Gasteiger partial charge in [-0.15, -0.1) is 0 Å². The van der Waals surface area contributed by atoms with Crippen LogP contribution in [0, 0.1) is 11.8 Å². The van der Waals surface area contributed by atoms with Gasteiger partial charge in [0, 0.05) is 0 Å². The lowest BCUT2D eigenvalue weighted by Gasteiger charge is -2.27. The van der Waals surface area contributed by atoms with Crippen LogP contribution in [-0.4, -0.2) is 17.0 Å². The summed E-state index contributed by atoms with van der Waals surface area (Å²) < 4.78 is 0. The van der Waals surface area contributed by atoms with Crippen LogP contribution < -0.4 is 0 Å².